The van der Waals surface area contributed by atoms with Crippen molar-refractivity contribution in [2.24, 2.45) is 0 Å². The molecule has 0 spiro atoms. The van der Waals surface area contributed by atoms with Crippen LogP contribution in [0.25, 0.3) is 0 Å². The molecule has 1 aromatic heterocycles. The fourth-order valence-corrected chi connectivity index (χ4v) is 1.38. The summed E-state index contributed by atoms with van der Waals surface area (Å²) in [6.45, 7) is 10.1. The number of amides is 1. The molecule has 19 heavy (non-hydrogen) atoms. The first-order valence-electron chi connectivity index (χ1n) is 6.33. The van der Waals surface area contributed by atoms with Crippen LogP contribution in [0.2, 0.25) is 0 Å². The van der Waals surface area contributed by atoms with Crippen molar-refractivity contribution in [2.45, 2.75) is 53.2 Å². The van der Waals surface area contributed by atoms with Gasteiger partial charge in [0.25, 0.3) is 0 Å². The second kappa shape index (κ2) is 8.19. The van der Waals surface area contributed by atoms with Gasteiger partial charge in [0.2, 0.25) is 0 Å². The molecule has 0 radical (unpaired) electrons. The highest BCUT2D eigenvalue weighted by molar-refractivity contribution is 9.10. The average Bonchev–Trinajstić information content (AvgIpc) is 2.62. The zero-order chi connectivity index (χ0) is 15.1. The number of ether oxygens (including phenoxy) is 1. The molecule has 1 aromatic rings. The Morgan fingerprint density at radius 3 is 2.37 bits per heavy atom. The molecule has 1 rings (SSSR count). The predicted octanol–water partition coefficient (Wildman–Crippen LogP) is 3.96. The number of nitrogens with one attached hydrogen (secondary N) is 1. The van der Waals surface area contributed by atoms with Gasteiger partial charge in [-0.25, -0.2) is 9.78 Å². The van der Waals surface area contributed by atoms with Crippen LogP contribution >= 0.6 is 15.9 Å². The van der Waals surface area contributed by atoms with E-state index in [2.05, 4.69) is 39.7 Å². The average molecular weight is 334 g/mol. The highest BCUT2D eigenvalue weighted by atomic mass is 79.9. The van der Waals surface area contributed by atoms with E-state index in [1.165, 1.54) is 11.3 Å². The van der Waals surface area contributed by atoms with Gasteiger partial charge in [-0.05, 0) is 36.7 Å². The summed E-state index contributed by atoms with van der Waals surface area (Å²) in [5, 5.41) is 0. The second-order valence-electron chi connectivity index (χ2n) is 5.22. The molecule has 0 aliphatic rings. The van der Waals surface area contributed by atoms with Gasteiger partial charge in [0.15, 0.2) is 0 Å². The lowest BCUT2D eigenvalue weighted by Gasteiger charge is -2.24. The van der Waals surface area contributed by atoms with Crippen molar-refractivity contribution in [3.63, 3.8) is 0 Å². The number of hydrogen-bond acceptors (Lipinski definition) is 3. The topological polar surface area (TPSA) is 58.2 Å². The minimum atomic E-state index is -0.477. The third kappa shape index (κ3) is 8.64. The Labute approximate surface area is 123 Å². The van der Waals surface area contributed by atoms with E-state index in [0.29, 0.717) is 12.4 Å². The summed E-state index contributed by atoms with van der Waals surface area (Å²) in [6, 6.07) is 0. The van der Waals surface area contributed by atoms with Crippen molar-refractivity contribution in [1.29, 1.82) is 0 Å². The molecule has 0 fully saturated rings. The van der Waals surface area contributed by atoms with Gasteiger partial charge in [-0.1, -0.05) is 20.3 Å². The molecule has 0 bridgehead atoms. The minimum Gasteiger partial charge on any atom is -0.444 e. The maximum atomic E-state index is 11.6. The molecule has 0 aromatic carbocycles. The van der Waals surface area contributed by atoms with Crippen molar-refractivity contribution in [3.05, 3.63) is 16.6 Å². The van der Waals surface area contributed by atoms with Crippen LogP contribution in [-0.2, 0) is 11.3 Å². The Morgan fingerprint density at radius 2 is 2.00 bits per heavy atom. The molecular weight excluding hydrogens is 310 g/mol. The van der Waals surface area contributed by atoms with Crippen LogP contribution in [-0.4, -0.2) is 33.6 Å². The van der Waals surface area contributed by atoms with E-state index in [1.54, 1.807) is 13.2 Å². The van der Waals surface area contributed by atoms with Gasteiger partial charge in [0.1, 0.15) is 16.0 Å². The third-order valence-electron chi connectivity index (χ3n) is 1.69. The smallest absolute Gasteiger partial charge is 0.410 e. The zero-order valence-electron chi connectivity index (χ0n) is 12.6. The van der Waals surface area contributed by atoms with Crippen LogP contribution in [0.3, 0.4) is 0 Å². The maximum Gasteiger partial charge on any atom is 0.410 e. The first-order valence-corrected chi connectivity index (χ1v) is 7.12. The minimum absolute atomic E-state index is 0.361. The first kappa shape index (κ1) is 18.0. The van der Waals surface area contributed by atoms with Gasteiger partial charge in [-0.2, -0.15) is 0 Å². The lowest BCUT2D eigenvalue weighted by Crippen LogP contribution is -2.34. The molecule has 110 valence electrons. The number of carbonyl (C=O) groups is 1. The largest absolute Gasteiger partial charge is 0.444 e. The lowest BCUT2D eigenvalue weighted by molar-refractivity contribution is 0.0281. The van der Waals surface area contributed by atoms with Crippen LogP contribution in [0.4, 0.5) is 4.79 Å². The van der Waals surface area contributed by atoms with Gasteiger partial charge >= 0.3 is 6.09 Å². The Bertz CT molecular complexity index is 385. The summed E-state index contributed by atoms with van der Waals surface area (Å²) in [6.07, 6.45) is 2.54. The van der Waals surface area contributed by atoms with Crippen molar-refractivity contribution >= 4 is 22.0 Å². The highest BCUT2D eigenvalue weighted by Crippen LogP contribution is 2.11. The summed E-state index contributed by atoms with van der Waals surface area (Å²) in [5.74, 6) is 0.709. The van der Waals surface area contributed by atoms with Gasteiger partial charge in [-0.15, -0.1) is 0 Å². The van der Waals surface area contributed by atoms with Crippen molar-refractivity contribution in [3.8, 4) is 0 Å². The molecule has 1 N–H and O–H groups in total. The van der Waals surface area contributed by atoms with Crippen LogP contribution in [0, 0.1) is 0 Å². The number of aromatic amines is 1. The molecule has 0 saturated carbocycles. The summed E-state index contributed by atoms with van der Waals surface area (Å²) in [7, 11) is 1.67. The van der Waals surface area contributed by atoms with E-state index in [4.69, 9.17) is 4.74 Å². The van der Waals surface area contributed by atoms with Crippen LogP contribution in [0.5, 0.6) is 0 Å². The number of H-pyrrole nitrogens is 1. The highest BCUT2D eigenvalue weighted by Gasteiger charge is 2.20. The molecular formula is C13H24BrN3O2. The molecule has 6 heteroatoms. The predicted molar refractivity (Wildman–Crippen MR) is 80.0 cm³/mol. The number of rotatable bonds is 2. The Hall–Kier alpha value is -1.04. The number of aromatic nitrogens is 2. The summed E-state index contributed by atoms with van der Waals surface area (Å²) in [5.41, 5.74) is -0.477. The molecule has 1 heterocycles. The number of nitrogens with zero attached hydrogens (tertiary/aromatic N) is 2. The Kier molecular flexibility index (Phi) is 7.75. The first-order chi connectivity index (χ1) is 8.69. The van der Waals surface area contributed by atoms with E-state index in [-0.39, 0.29) is 6.09 Å². The van der Waals surface area contributed by atoms with Crippen LogP contribution in [0.1, 0.15) is 46.9 Å². The molecule has 0 atom stereocenters. The van der Waals surface area contributed by atoms with E-state index in [0.717, 1.165) is 4.60 Å². The molecule has 5 nitrogen and oxygen atoms in total. The van der Waals surface area contributed by atoms with Gasteiger partial charge in [0, 0.05) is 7.05 Å². The van der Waals surface area contributed by atoms with E-state index < -0.39 is 5.60 Å². The van der Waals surface area contributed by atoms with Crippen LogP contribution in [0.15, 0.2) is 10.8 Å². The molecule has 0 unspecified atom stereocenters. The fourth-order valence-electron chi connectivity index (χ4n) is 1.05. The molecule has 1 amide bonds. The van der Waals surface area contributed by atoms with E-state index in [9.17, 15) is 4.79 Å². The SMILES string of the molecule is CCC.CN(Cc1ncc(Br)[nH]1)C(=O)OC(C)(C)C. The van der Waals surface area contributed by atoms with Crippen molar-refractivity contribution < 1.29 is 9.53 Å². The summed E-state index contributed by atoms with van der Waals surface area (Å²) in [4.78, 5) is 20.2. The molecule has 0 aliphatic carbocycles. The van der Waals surface area contributed by atoms with Gasteiger partial charge < -0.3 is 14.6 Å². The number of hydrogen-bond donors (Lipinski definition) is 1. The third-order valence-corrected chi connectivity index (χ3v) is 2.09. The standard InChI is InChI=1S/C10H16BrN3O2.C3H8/c1-10(2,3)16-9(15)14(4)6-8-12-5-7(11)13-8;1-3-2/h5H,6H2,1-4H3,(H,12,13);3H2,1-2H3. The normalized spacial score (nSPS) is 10.5. The zero-order valence-corrected chi connectivity index (χ0v) is 14.2. The van der Waals surface area contributed by atoms with Crippen LogP contribution < -0.4 is 0 Å². The molecule has 0 saturated heterocycles. The number of carbonyl (C=O) groups excluding carboxylic acids is 1. The van der Waals surface area contributed by atoms with Gasteiger partial charge in [-0.3, -0.25) is 0 Å². The Balaban J connectivity index is 0.000000982. The number of imidazole rings is 1. The van der Waals surface area contributed by atoms with E-state index >= 15 is 0 Å². The number of halogens is 1. The van der Waals surface area contributed by atoms with Gasteiger partial charge in [0.05, 0.1) is 12.7 Å². The maximum absolute atomic E-state index is 11.6. The monoisotopic (exact) mass is 333 g/mol. The summed E-state index contributed by atoms with van der Waals surface area (Å²) >= 11 is 3.26. The van der Waals surface area contributed by atoms with E-state index in [1.807, 2.05) is 20.8 Å². The van der Waals surface area contributed by atoms with Crippen molar-refractivity contribution in [1.82, 2.24) is 14.9 Å². The lowest BCUT2D eigenvalue weighted by atomic mass is 10.2. The summed E-state index contributed by atoms with van der Waals surface area (Å²) < 4.78 is 6.00. The Morgan fingerprint density at radius 1 is 1.47 bits per heavy atom. The molecule has 0 aliphatic heterocycles. The second-order valence-corrected chi connectivity index (χ2v) is 6.08. The quantitative estimate of drug-likeness (QED) is 0.891. The van der Waals surface area contributed by atoms with Crippen molar-refractivity contribution in [2.75, 3.05) is 7.05 Å². The fraction of sp³-hybridized carbons (Fsp3) is 0.692.